The van der Waals surface area contributed by atoms with Gasteiger partial charge in [0.1, 0.15) is 5.75 Å². The molecule has 0 bridgehead atoms. The van der Waals surface area contributed by atoms with E-state index in [9.17, 15) is 0 Å². The third kappa shape index (κ3) is 3.45. The Hall–Kier alpha value is -1.06. The van der Waals surface area contributed by atoms with Crippen LogP contribution in [0.4, 0.5) is 0 Å². The van der Waals surface area contributed by atoms with Gasteiger partial charge in [0.05, 0.1) is 12.7 Å². The Bertz CT molecular complexity index is 341. The van der Waals surface area contributed by atoms with E-state index in [0.717, 1.165) is 51.2 Å². The summed E-state index contributed by atoms with van der Waals surface area (Å²) in [5, 5.41) is 0. The Morgan fingerprint density at radius 3 is 3.00 bits per heavy atom. The lowest BCUT2D eigenvalue weighted by Gasteiger charge is -2.25. The molecule has 1 aliphatic heterocycles. The number of rotatable bonds is 6. The van der Waals surface area contributed by atoms with Crippen molar-refractivity contribution in [2.75, 3.05) is 19.8 Å². The lowest BCUT2D eigenvalue weighted by atomic mass is 10.0. The minimum atomic E-state index is 0.206. The highest BCUT2D eigenvalue weighted by Crippen LogP contribution is 2.34. The molecule has 3 heteroatoms. The first-order valence-electron chi connectivity index (χ1n) is 6.45. The largest absolute Gasteiger partial charge is 0.493 e. The highest BCUT2D eigenvalue weighted by molar-refractivity contribution is 5.36. The van der Waals surface area contributed by atoms with Crippen LogP contribution in [0.25, 0.3) is 0 Å². The SMILES string of the molecule is NCCCCCOC1CCOc2ccccc21. The monoisotopic (exact) mass is 235 g/mol. The zero-order valence-corrected chi connectivity index (χ0v) is 10.2. The second-order valence-electron chi connectivity index (χ2n) is 4.38. The summed E-state index contributed by atoms with van der Waals surface area (Å²) in [4.78, 5) is 0. The second-order valence-corrected chi connectivity index (χ2v) is 4.38. The molecular formula is C14H21NO2. The third-order valence-electron chi connectivity index (χ3n) is 3.07. The Balaban J connectivity index is 1.82. The van der Waals surface area contributed by atoms with Gasteiger partial charge in [-0.05, 0) is 31.9 Å². The maximum Gasteiger partial charge on any atom is 0.125 e. The summed E-state index contributed by atoms with van der Waals surface area (Å²) in [6.45, 7) is 2.35. The third-order valence-corrected chi connectivity index (χ3v) is 3.07. The van der Waals surface area contributed by atoms with Crippen LogP contribution in [-0.2, 0) is 4.74 Å². The van der Waals surface area contributed by atoms with Crippen LogP contribution in [-0.4, -0.2) is 19.8 Å². The molecule has 0 saturated heterocycles. The molecule has 1 aliphatic rings. The molecule has 1 unspecified atom stereocenters. The van der Waals surface area contributed by atoms with E-state index in [2.05, 4.69) is 6.07 Å². The zero-order valence-electron chi connectivity index (χ0n) is 10.2. The van der Waals surface area contributed by atoms with Gasteiger partial charge in [-0.15, -0.1) is 0 Å². The van der Waals surface area contributed by atoms with Crippen LogP contribution >= 0.6 is 0 Å². The van der Waals surface area contributed by atoms with Crippen molar-refractivity contribution in [3.05, 3.63) is 29.8 Å². The molecule has 1 heterocycles. The highest BCUT2D eigenvalue weighted by Gasteiger charge is 2.20. The van der Waals surface area contributed by atoms with E-state index in [1.807, 2.05) is 18.2 Å². The zero-order chi connectivity index (χ0) is 11.9. The number of para-hydroxylation sites is 1. The van der Waals surface area contributed by atoms with E-state index >= 15 is 0 Å². The van der Waals surface area contributed by atoms with Gasteiger partial charge in [0.2, 0.25) is 0 Å². The molecule has 2 rings (SSSR count). The standard InChI is InChI=1S/C14H21NO2/c15-9-4-1-5-10-16-14-8-11-17-13-7-3-2-6-12(13)14/h2-3,6-7,14H,1,4-5,8-11,15H2. The van der Waals surface area contributed by atoms with Crippen molar-refractivity contribution in [1.82, 2.24) is 0 Å². The number of benzene rings is 1. The minimum absolute atomic E-state index is 0.206. The first kappa shape index (κ1) is 12.4. The lowest BCUT2D eigenvalue weighted by molar-refractivity contribution is 0.0220. The first-order valence-corrected chi connectivity index (χ1v) is 6.45. The highest BCUT2D eigenvalue weighted by atomic mass is 16.5. The van der Waals surface area contributed by atoms with E-state index in [0.29, 0.717) is 0 Å². The summed E-state index contributed by atoms with van der Waals surface area (Å²) in [5.74, 6) is 0.978. The van der Waals surface area contributed by atoms with E-state index in [1.165, 1.54) is 5.56 Å². The predicted molar refractivity (Wildman–Crippen MR) is 68.2 cm³/mol. The van der Waals surface area contributed by atoms with E-state index in [4.69, 9.17) is 15.2 Å². The van der Waals surface area contributed by atoms with Crippen LogP contribution in [0.1, 0.15) is 37.4 Å². The molecule has 1 atom stereocenters. The Morgan fingerprint density at radius 1 is 1.24 bits per heavy atom. The van der Waals surface area contributed by atoms with Gasteiger partial charge in [0, 0.05) is 18.6 Å². The van der Waals surface area contributed by atoms with Crippen LogP contribution in [0.15, 0.2) is 24.3 Å². The summed E-state index contributed by atoms with van der Waals surface area (Å²) in [7, 11) is 0. The molecule has 94 valence electrons. The molecule has 0 spiro atoms. The van der Waals surface area contributed by atoms with Crippen LogP contribution < -0.4 is 10.5 Å². The van der Waals surface area contributed by atoms with Crippen molar-refractivity contribution in [2.45, 2.75) is 31.8 Å². The predicted octanol–water partition coefficient (Wildman–Crippen LogP) is 2.66. The van der Waals surface area contributed by atoms with Gasteiger partial charge in [0.15, 0.2) is 0 Å². The van der Waals surface area contributed by atoms with E-state index in [-0.39, 0.29) is 6.10 Å². The van der Waals surface area contributed by atoms with Gasteiger partial charge >= 0.3 is 0 Å². The summed E-state index contributed by atoms with van der Waals surface area (Å²) in [5.41, 5.74) is 6.65. The maximum absolute atomic E-state index is 5.94. The molecule has 1 aromatic rings. The Kier molecular flexibility index (Phi) is 4.83. The molecule has 0 radical (unpaired) electrons. The molecular weight excluding hydrogens is 214 g/mol. The molecule has 2 N–H and O–H groups in total. The van der Waals surface area contributed by atoms with Crippen LogP contribution in [0.2, 0.25) is 0 Å². The van der Waals surface area contributed by atoms with Crippen molar-refractivity contribution >= 4 is 0 Å². The van der Waals surface area contributed by atoms with Crippen molar-refractivity contribution < 1.29 is 9.47 Å². The van der Waals surface area contributed by atoms with Crippen molar-refractivity contribution in [3.8, 4) is 5.75 Å². The van der Waals surface area contributed by atoms with Gasteiger partial charge in [-0.25, -0.2) is 0 Å². The van der Waals surface area contributed by atoms with Crippen molar-refractivity contribution in [2.24, 2.45) is 5.73 Å². The average Bonchev–Trinajstić information content (AvgIpc) is 2.39. The van der Waals surface area contributed by atoms with Gasteiger partial charge in [0.25, 0.3) is 0 Å². The van der Waals surface area contributed by atoms with Gasteiger partial charge in [-0.2, -0.15) is 0 Å². The van der Waals surface area contributed by atoms with Crippen LogP contribution in [0.3, 0.4) is 0 Å². The second kappa shape index (κ2) is 6.62. The van der Waals surface area contributed by atoms with Crippen LogP contribution in [0, 0.1) is 0 Å². The normalized spacial score (nSPS) is 18.5. The molecule has 3 nitrogen and oxygen atoms in total. The number of hydrogen-bond acceptors (Lipinski definition) is 3. The summed E-state index contributed by atoms with van der Waals surface area (Å²) < 4.78 is 11.5. The van der Waals surface area contributed by atoms with Gasteiger partial charge in [-0.1, -0.05) is 18.2 Å². The fourth-order valence-electron chi connectivity index (χ4n) is 2.13. The first-order chi connectivity index (χ1) is 8.42. The molecule has 0 amide bonds. The number of ether oxygens (including phenoxy) is 2. The molecule has 0 fully saturated rings. The lowest BCUT2D eigenvalue weighted by Crippen LogP contribution is -2.17. The fourth-order valence-corrected chi connectivity index (χ4v) is 2.13. The van der Waals surface area contributed by atoms with Gasteiger partial charge < -0.3 is 15.2 Å². The summed E-state index contributed by atoms with van der Waals surface area (Å²) in [6, 6.07) is 8.15. The smallest absolute Gasteiger partial charge is 0.125 e. The average molecular weight is 235 g/mol. The number of nitrogens with two attached hydrogens (primary N) is 1. The molecule has 0 saturated carbocycles. The van der Waals surface area contributed by atoms with E-state index in [1.54, 1.807) is 0 Å². The maximum atomic E-state index is 5.94. The Labute approximate surface area is 103 Å². The molecule has 17 heavy (non-hydrogen) atoms. The van der Waals surface area contributed by atoms with Crippen LogP contribution in [0.5, 0.6) is 5.75 Å². The molecule has 0 aliphatic carbocycles. The number of fused-ring (bicyclic) bond motifs is 1. The topological polar surface area (TPSA) is 44.5 Å². The van der Waals surface area contributed by atoms with Gasteiger partial charge in [-0.3, -0.25) is 0 Å². The van der Waals surface area contributed by atoms with E-state index < -0.39 is 0 Å². The Morgan fingerprint density at radius 2 is 2.12 bits per heavy atom. The minimum Gasteiger partial charge on any atom is -0.493 e. The quantitative estimate of drug-likeness (QED) is 0.771. The number of hydrogen-bond donors (Lipinski definition) is 1. The fraction of sp³-hybridized carbons (Fsp3) is 0.571. The van der Waals surface area contributed by atoms with Crippen molar-refractivity contribution in [1.29, 1.82) is 0 Å². The summed E-state index contributed by atoms with van der Waals surface area (Å²) >= 11 is 0. The van der Waals surface area contributed by atoms with Crippen molar-refractivity contribution in [3.63, 3.8) is 0 Å². The molecule has 0 aromatic heterocycles. The summed E-state index contributed by atoms with van der Waals surface area (Å²) in [6.07, 6.45) is 4.50. The molecule has 1 aromatic carbocycles. The number of unbranched alkanes of at least 4 members (excludes halogenated alkanes) is 2.